The second-order valence-electron chi connectivity index (χ2n) is 9.74. The highest BCUT2D eigenvalue weighted by Crippen LogP contribution is 2.49. The highest BCUT2D eigenvalue weighted by molar-refractivity contribution is 5.91. The molecule has 10 heteroatoms. The predicted molar refractivity (Wildman–Crippen MR) is 125 cm³/mol. The van der Waals surface area contributed by atoms with Crippen LogP contribution in [0, 0.1) is 5.41 Å². The molecule has 1 saturated heterocycles. The number of carbonyl (C=O) groups excluding carboxylic acids is 1. The van der Waals surface area contributed by atoms with Gasteiger partial charge in [0, 0.05) is 30.3 Å². The number of ether oxygens (including phenoxy) is 1. The zero-order valence-electron chi connectivity index (χ0n) is 19.6. The molecule has 0 radical (unpaired) electrons. The van der Waals surface area contributed by atoms with Crippen LogP contribution in [0.5, 0.6) is 0 Å². The summed E-state index contributed by atoms with van der Waals surface area (Å²) in [6.45, 7) is 2.54. The van der Waals surface area contributed by atoms with Crippen LogP contribution in [0.25, 0.3) is 10.9 Å². The van der Waals surface area contributed by atoms with Crippen molar-refractivity contribution < 1.29 is 22.7 Å². The summed E-state index contributed by atoms with van der Waals surface area (Å²) in [6.07, 6.45) is 7.27. The maximum atomic E-state index is 13.5. The van der Waals surface area contributed by atoms with Crippen LogP contribution in [-0.2, 0) is 15.7 Å². The van der Waals surface area contributed by atoms with Gasteiger partial charge in [0.2, 0.25) is 5.91 Å². The molecule has 2 unspecified atom stereocenters. The number of benzene rings is 1. The van der Waals surface area contributed by atoms with Crippen molar-refractivity contribution in [3.05, 3.63) is 42.2 Å². The molecular formula is C25H30F3N5O2. The SMILES string of the molecule is CC(=O)NN(c1ncnc2ccc(C(F)(F)F)cc12)C1CN[C@H]1C1(C2CC=CCO2)CCCCC1. The summed E-state index contributed by atoms with van der Waals surface area (Å²) in [4.78, 5) is 20.8. The summed E-state index contributed by atoms with van der Waals surface area (Å²) in [5.41, 5.74) is 2.33. The minimum absolute atomic E-state index is 0.0121. The second kappa shape index (κ2) is 9.39. The van der Waals surface area contributed by atoms with Crippen molar-refractivity contribution in [2.45, 2.75) is 69.8 Å². The topological polar surface area (TPSA) is 79.4 Å². The van der Waals surface area contributed by atoms with Gasteiger partial charge in [0.15, 0.2) is 5.82 Å². The van der Waals surface area contributed by atoms with Crippen LogP contribution in [0.3, 0.4) is 0 Å². The molecule has 1 aromatic heterocycles. The molecule has 35 heavy (non-hydrogen) atoms. The van der Waals surface area contributed by atoms with Gasteiger partial charge in [-0.25, -0.2) is 9.97 Å². The lowest BCUT2D eigenvalue weighted by Crippen LogP contribution is -2.75. The van der Waals surface area contributed by atoms with Crippen molar-refractivity contribution in [2.24, 2.45) is 5.41 Å². The summed E-state index contributed by atoms with van der Waals surface area (Å²) >= 11 is 0. The van der Waals surface area contributed by atoms with Crippen LogP contribution in [0.15, 0.2) is 36.7 Å². The van der Waals surface area contributed by atoms with Gasteiger partial charge in [-0.1, -0.05) is 31.4 Å². The Hall–Kier alpha value is -2.72. The lowest BCUT2D eigenvalue weighted by atomic mass is 9.60. The zero-order valence-corrected chi connectivity index (χ0v) is 19.6. The molecule has 7 nitrogen and oxygen atoms in total. The molecular weight excluding hydrogens is 459 g/mol. The van der Waals surface area contributed by atoms with E-state index in [9.17, 15) is 18.0 Å². The van der Waals surface area contributed by atoms with E-state index in [0.717, 1.165) is 44.2 Å². The number of rotatable bonds is 5. The fourth-order valence-corrected chi connectivity index (χ4v) is 6.01. The van der Waals surface area contributed by atoms with Crippen molar-refractivity contribution in [1.29, 1.82) is 0 Å². The molecule has 2 N–H and O–H groups in total. The third kappa shape index (κ3) is 4.49. The van der Waals surface area contributed by atoms with Crippen LogP contribution in [0.1, 0.15) is 51.0 Å². The fourth-order valence-electron chi connectivity index (χ4n) is 6.01. The van der Waals surface area contributed by atoms with Gasteiger partial charge in [-0.2, -0.15) is 13.2 Å². The number of halogens is 3. The van der Waals surface area contributed by atoms with Crippen molar-refractivity contribution in [3.63, 3.8) is 0 Å². The summed E-state index contributed by atoms with van der Waals surface area (Å²) in [7, 11) is 0. The lowest BCUT2D eigenvalue weighted by molar-refractivity contribution is -0.137. The van der Waals surface area contributed by atoms with Gasteiger partial charge in [-0.15, -0.1) is 0 Å². The highest BCUT2D eigenvalue weighted by atomic mass is 19.4. The molecule has 3 atom stereocenters. The van der Waals surface area contributed by atoms with Crippen molar-refractivity contribution in [1.82, 2.24) is 20.7 Å². The van der Waals surface area contributed by atoms with Gasteiger partial charge in [0.05, 0.1) is 29.8 Å². The highest BCUT2D eigenvalue weighted by Gasteiger charge is 2.54. The maximum Gasteiger partial charge on any atom is 0.416 e. The number of hydrogen-bond donors (Lipinski definition) is 2. The molecule has 0 bridgehead atoms. The van der Waals surface area contributed by atoms with Crippen molar-refractivity contribution in [3.8, 4) is 0 Å². The summed E-state index contributed by atoms with van der Waals surface area (Å²) in [5.74, 6) is -0.0489. The first-order chi connectivity index (χ1) is 16.8. The van der Waals surface area contributed by atoms with Crippen LogP contribution >= 0.6 is 0 Å². The maximum absolute atomic E-state index is 13.5. The van der Waals surface area contributed by atoms with Crippen LogP contribution in [0.2, 0.25) is 0 Å². The summed E-state index contributed by atoms with van der Waals surface area (Å²) < 4.78 is 46.7. The molecule has 1 amide bonds. The van der Waals surface area contributed by atoms with Crippen molar-refractivity contribution in [2.75, 3.05) is 18.2 Å². The van der Waals surface area contributed by atoms with E-state index < -0.39 is 11.7 Å². The first-order valence-corrected chi connectivity index (χ1v) is 12.2. The molecule has 2 fully saturated rings. The van der Waals surface area contributed by atoms with Gasteiger partial charge in [-0.05, 0) is 37.5 Å². The first kappa shape index (κ1) is 24.0. The molecule has 0 spiro atoms. The van der Waals surface area contributed by atoms with Gasteiger partial charge < -0.3 is 10.1 Å². The van der Waals surface area contributed by atoms with Gasteiger partial charge >= 0.3 is 6.18 Å². The average Bonchev–Trinajstić information content (AvgIpc) is 2.82. The number of nitrogens with zero attached hydrogens (tertiary/aromatic N) is 3. The van der Waals surface area contributed by atoms with Crippen LogP contribution in [0.4, 0.5) is 19.0 Å². The zero-order chi connectivity index (χ0) is 24.6. The molecule has 2 aromatic rings. The van der Waals surface area contributed by atoms with Gasteiger partial charge in [-0.3, -0.25) is 15.2 Å². The van der Waals surface area contributed by atoms with Crippen LogP contribution in [-0.4, -0.2) is 47.2 Å². The number of hydrazine groups is 1. The van der Waals surface area contributed by atoms with E-state index in [2.05, 4.69) is 26.8 Å². The minimum atomic E-state index is -4.50. The van der Waals surface area contributed by atoms with E-state index in [4.69, 9.17) is 4.74 Å². The Balaban J connectivity index is 1.56. The number of nitrogens with one attached hydrogen (secondary N) is 2. The molecule has 3 aliphatic rings. The summed E-state index contributed by atoms with van der Waals surface area (Å²) in [6, 6.07) is 3.21. The predicted octanol–water partition coefficient (Wildman–Crippen LogP) is 4.14. The summed E-state index contributed by atoms with van der Waals surface area (Å²) in [5, 5.41) is 5.49. The minimum Gasteiger partial charge on any atom is -0.373 e. The van der Waals surface area contributed by atoms with Crippen molar-refractivity contribution >= 4 is 22.6 Å². The fraction of sp³-hybridized carbons (Fsp3) is 0.560. The van der Waals surface area contributed by atoms with E-state index in [1.807, 2.05) is 6.08 Å². The normalized spacial score (nSPS) is 26.2. The van der Waals surface area contributed by atoms with E-state index in [1.165, 1.54) is 25.7 Å². The van der Waals surface area contributed by atoms with Crippen LogP contribution < -0.4 is 15.8 Å². The van der Waals surface area contributed by atoms with E-state index >= 15 is 0 Å². The Labute approximate surface area is 202 Å². The number of amides is 1. The third-order valence-corrected chi connectivity index (χ3v) is 7.67. The molecule has 1 aliphatic carbocycles. The molecule has 188 valence electrons. The Bertz CT molecular complexity index is 1120. The smallest absolute Gasteiger partial charge is 0.373 e. The quantitative estimate of drug-likeness (QED) is 0.486. The number of aromatic nitrogens is 2. The molecule has 5 rings (SSSR count). The lowest BCUT2D eigenvalue weighted by Gasteiger charge is -2.58. The number of fused-ring (bicyclic) bond motifs is 1. The van der Waals surface area contributed by atoms with Gasteiger partial charge in [0.1, 0.15) is 6.33 Å². The molecule has 1 aromatic carbocycles. The molecule has 3 heterocycles. The molecule has 2 aliphatic heterocycles. The standard InChI is InChI=1S/C25H30F3N5O2/c1-16(34)32-33(23-18-13-17(25(26,27)28)8-9-19(18)30-15-31-23)20-14-29-22(20)24(10-4-2-5-11-24)21-7-3-6-12-35-21/h3,6,8-9,13,15,20-22,29H,2,4-5,7,10-12,14H2,1H3,(H,32,34)/t20?,21?,22-/m1/s1. The number of alkyl halides is 3. The van der Waals surface area contributed by atoms with E-state index in [0.29, 0.717) is 18.7 Å². The number of anilines is 1. The number of carbonyl (C=O) groups is 1. The largest absolute Gasteiger partial charge is 0.416 e. The Morgan fingerprint density at radius 2 is 2.00 bits per heavy atom. The Morgan fingerprint density at radius 3 is 2.63 bits per heavy atom. The third-order valence-electron chi connectivity index (χ3n) is 7.67. The van der Waals surface area contributed by atoms with E-state index in [1.54, 1.807) is 5.01 Å². The number of hydrogen-bond acceptors (Lipinski definition) is 6. The van der Waals surface area contributed by atoms with E-state index in [-0.39, 0.29) is 40.7 Å². The average molecular weight is 490 g/mol. The monoisotopic (exact) mass is 489 g/mol. The Morgan fingerprint density at radius 1 is 1.20 bits per heavy atom. The second-order valence-corrected chi connectivity index (χ2v) is 9.74. The first-order valence-electron chi connectivity index (χ1n) is 12.2. The van der Waals surface area contributed by atoms with Gasteiger partial charge in [0.25, 0.3) is 0 Å². The molecule has 1 saturated carbocycles. The Kier molecular flexibility index (Phi) is 6.43.